The highest BCUT2D eigenvalue weighted by Gasteiger charge is 2.33. The number of methoxy groups -OCH3 is 1. The highest BCUT2D eigenvalue weighted by Crippen LogP contribution is 2.25. The second-order valence-corrected chi connectivity index (χ2v) is 5.26. The summed E-state index contributed by atoms with van der Waals surface area (Å²) in [6.07, 6.45) is 1.79. The third kappa shape index (κ3) is 3.04. The molecule has 0 spiro atoms. The van der Waals surface area contributed by atoms with Gasteiger partial charge in [-0.05, 0) is 38.0 Å². The number of likely N-dealkylation sites (tertiary alicyclic amines) is 1. The number of ether oxygens (including phenoxy) is 1. The van der Waals surface area contributed by atoms with Crippen molar-refractivity contribution in [1.29, 1.82) is 0 Å². The number of nitrogens with zero attached hydrogens (tertiary/aromatic N) is 1. The number of rotatable bonds is 2. The molecule has 0 bridgehead atoms. The molecule has 1 heterocycles. The Labute approximate surface area is 112 Å². The van der Waals surface area contributed by atoms with E-state index in [9.17, 15) is 9.18 Å². The van der Waals surface area contributed by atoms with Gasteiger partial charge >= 0.3 is 0 Å². The lowest BCUT2D eigenvalue weighted by atomic mass is 9.94. The van der Waals surface area contributed by atoms with Gasteiger partial charge in [0.1, 0.15) is 5.82 Å². The van der Waals surface area contributed by atoms with Crippen molar-refractivity contribution in [1.82, 2.24) is 4.90 Å². The molecular weight excluding hydrogens is 247 g/mol. The Bertz CT molecular complexity index is 472. The Kier molecular flexibility index (Phi) is 3.75. The minimum Gasteiger partial charge on any atom is -0.399 e. The molecule has 104 valence electrons. The number of hydrogen-bond donors (Lipinski definition) is 1. The van der Waals surface area contributed by atoms with Crippen LogP contribution in [-0.4, -0.2) is 36.6 Å². The van der Waals surface area contributed by atoms with Gasteiger partial charge in [-0.15, -0.1) is 0 Å². The van der Waals surface area contributed by atoms with Crippen LogP contribution in [-0.2, 0) is 4.74 Å². The Balaban J connectivity index is 2.19. The zero-order valence-corrected chi connectivity index (χ0v) is 11.3. The topological polar surface area (TPSA) is 55.6 Å². The second-order valence-electron chi connectivity index (χ2n) is 5.26. The zero-order valence-electron chi connectivity index (χ0n) is 11.3. The molecular formula is C14H19FN2O2. The molecule has 0 aromatic heterocycles. The van der Waals surface area contributed by atoms with Crippen LogP contribution in [0, 0.1) is 5.82 Å². The van der Waals surface area contributed by atoms with E-state index in [0.717, 1.165) is 12.8 Å². The predicted octanol–water partition coefficient (Wildman–Crippen LogP) is 2.05. The van der Waals surface area contributed by atoms with Gasteiger partial charge in [0, 0.05) is 31.5 Å². The number of carbonyl (C=O) groups excluding carboxylic acids is 1. The number of amides is 1. The first-order chi connectivity index (χ1) is 8.93. The maximum atomic E-state index is 13.3. The first-order valence-electron chi connectivity index (χ1n) is 6.34. The first kappa shape index (κ1) is 13.8. The van der Waals surface area contributed by atoms with E-state index in [2.05, 4.69) is 0 Å². The number of anilines is 1. The number of halogens is 1. The van der Waals surface area contributed by atoms with Crippen LogP contribution in [0.2, 0.25) is 0 Å². The lowest BCUT2D eigenvalue weighted by molar-refractivity contribution is -0.0440. The van der Waals surface area contributed by atoms with E-state index >= 15 is 0 Å². The minimum absolute atomic E-state index is 0.200. The summed E-state index contributed by atoms with van der Waals surface area (Å²) in [5.41, 5.74) is 5.79. The van der Waals surface area contributed by atoms with Gasteiger partial charge in [-0.1, -0.05) is 0 Å². The van der Waals surface area contributed by atoms with Gasteiger partial charge in [0.05, 0.1) is 5.60 Å². The highest BCUT2D eigenvalue weighted by atomic mass is 19.1. The first-order valence-corrected chi connectivity index (χ1v) is 6.34. The second kappa shape index (κ2) is 5.17. The molecule has 1 aromatic rings. The molecule has 1 aliphatic rings. The fourth-order valence-corrected chi connectivity index (χ4v) is 2.46. The monoisotopic (exact) mass is 266 g/mol. The molecule has 19 heavy (non-hydrogen) atoms. The SMILES string of the molecule is COC1(C)CCCN(C(=O)c2cc(N)cc(F)c2)C1. The molecule has 1 saturated heterocycles. The van der Waals surface area contributed by atoms with Gasteiger partial charge in [0.15, 0.2) is 0 Å². The minimum atomic E-state index is -0.491. The van der Waals surface area contributed by atoms with Crippen molar-refractivity contribution in [2.24, 2.45) is 0 Å². The van der Waals surface area contributed by atoms with E-state index in [1.54, 1.807) is 12.0 Å². The van der Waals surface area contributed by atoms with Crippen molar-refractivity contribution in [3.63, 3.8) is 0 Å². The van der Waals surface area contributed by atoms with Crippen LogP contribution in [0.3, 0.4) is 0 Å². The van der Waals surface area contributed by atoms with Crippen molar-refractivity contribution < 1.29 is 13.9 Å². The Hall–Kier alpha value is -1.62. The third-order valence-electron chi connectivity index (χ3n) is 3.61. The number of benzene rings is 1. The molecule has 2 rings (SSSR count). The number of piperidine rings is 1. The van der Waals surface area contributed by atoms with Crippen molar-refractivity contribution in [2.45, 2.75) is 25.4 Å². The standard InChI is InChI=1S/C14H19FN2O2/c1-14(19-2)4-3-5-17(9-14)13(18)10-6-11(15)8-12(16)7-10/h6-8H,3-5,9,16H2,1-2H3. The molecule has 0 aliphatic carbocycles. The summed E-state index contributed by atoms with van der Waals surface area (Å²) >= 11 is 0. The summed E-state index contributed by atoms with van der Waals surface area (Å²) in [6.45, 7) is 3.15. The summed E-state index contributed by atoms with van der Waals surface area (Å²) in [4.78, 5) is 14.1. The van der Waals surface area contributed by atoms with Crippen LogP contribution in [0.1, 0.15) is 30.1 Å². The van der Waals surface area contributed by atoms with Crippen LogP contribution in [0.4, 0.5) is 10.1 Å². The maximum Gasteiger partial charge on any atom is 0.254 e. The molecule has 0 radical (unpaired) electrons. The molecule has 5 heteroatoms. The average molecular weight is 266 g/mol. The summed E-state index contributed by atoms with van der Waals surface area (Å²) < 4.78 is 18.7. The van der Waals surface area contributed by atoms with Crippen molar-refractivity contribution in [3.8, 4) is 0 Å². The Morgan fingerprint density at radius 2 is 2.21 bits per heavy atom. The van der Waals surface area contributed by atoms with E-state index in [-0.39, 0.29) is 22.8 Å². The Morgan fingerprint density at radius 1 is 1.47 bits per heavy atom. The fraction of sp³-hybridized carbons (Fsp3) is 0.500. The summed E-state index contributed by atoms with van der Waals surface area (Å²) in [5.74, 6) is -0.691. The quantitative estimate of drug-likeness (QED) is 0.833. The van der Waals surface area contributed by atoms with E-state index < -0.39 is 5.82 Å². The molecule has 1 amide bonds. The molecule has 4 nitrogen and oxygen atoms in total. The summed E-state index contributed by atoms with van der Waals surface area (Å²) in [6, 6.07) is 3.92. The molecule has 0 saturated carbocycles. The number of hydrogen-bond acceptors (Lipinski definition) is 3. The van der Waals surface area contributed by atoms with Gasteiger partial charge in [-0.2, -0.15) is 0 Å². The number of nitrogens with two attached hydrogens (primary N) is 1. The van der Waals surface area contributed by atoms with Crippen molar-refractivity contribution >= 4 is 11.6 Å². The largest absolute Gasteiger partial charge is 0.399 e. The average Bonchev–Trinajstić information content (AvgIpc) is 2.37. The molecule has 1 fully saturated rings. The van der Waals surface area contributed by atoms with E-state index in [1.807, 2.05) is 6.92 Å². The molecule has 1 atom stereocenters. The van der Waals surface area contributed by atoms with Crippen molar-refractivity contribution in [2.75, 3.05) is 25.9 Å². The number of carbonyl (C=O) groups is 1. The van der Waals surface area contributed by atoms with Crippen LogP contribution in [0.25, 0.3) is 0 Å². The lowest BCUT2D eigenvalue weighted by Gasteiger charge is -2.39. The summed E-state index contributed by atoms with van der Waals surface area (Å²) in [5, 5.41) is 0. The van der Waals surface area contributed by atoms with Gasteiger partial charge in [-0.25, -0.2) is 4.39 Å². The Morgan fingerprint density at radius 3 is 2.84 bits per heavy atom. The van der Waals surface area contributed by atoms with Crippen LogP contribution >= 0.6 is 0 Å². The van der Waals surface area contributed by atoms with Crippen LogP contribution in [0.15, 0.2) is 18.2 Å². The third-order valence-corrected chi connectivity index (χ3v) is 3.61. The zero-order chi connectivity index (χ0) is 14.0. The van der Waals surface area contributed by atoms with Gasteiger partial charge in [-0.3, -0.25) is 4.79 Å². The van der Waals surface area contributed by atoms with E-state index in [4.69, 9.17) is 10.5 Å². The summed E-state index contributed by atoms with van der Waals surface area (Å²) in [7, 11) is 1.65. The van der Waals surface area contributed by atoms with E-state index in [0.29, 0.717) is 13.1 Å². The van der Waals surface area contributed by atoms with E-state index in [1.165, 1.54) is 18.2 Å². The number of nitrogen functional groups attached to an aromatic ring is 1. The van der Waals surface area contributed by atoms with Gasteiger partial charge in [0.2, 0.25) is 0 Å². The highest BCUT2D eigenvalue weighted by molar-refractivity contribution is 5.95. The van der Waals surface area contributed by atoms with Gasteiger partial charge < -0.3 is 15.4 Å². The normalized spacial score (nSPS) is 23.4. The van der Waals surface area contributed by atoms with Gasteiger partial charge in [0.25, 0.3) is 5.91 Å². The maximum absolute atomic E-state index is 13.3. The lowest BCUT2D eigenvalue weighted by Crippen LogP contribution is -2.49. The smallest absolute Gasteiger partial charge is 0.254 e. The van der Waals surface area contributed by atoms with Crippen molar-refractivity contribution in [3.05, 3.63) is 29.6 Å². The molecule has 1 unspecified atom stereocenters. The predicted molar refractivity (Wildman–Crippen MR) is 71.4 cm³/mol. The molecule has 1 aliphatic heterocycles. The van der Waals surface area contributed by atoms with Crippen LogP contribution < -0.4 is 5.73 Å². The fourth-order valence-electron chi connectivity index (χ4n) is 2.46. The molecule has 2 N–H and O–H groups in total. The molecule has 1 aromatic carbocycles. The van der Waals surface area contributed by atoms with Crippen LogP contribution in [0.5, 0.6) is 0 Å².